The van der Waals surface area contributed by atoms with Crippen molar-refractivity contribution in [1.29, 1.82) is 0 Å². The average molecular weight is 175 g/mol. The van der Waals surface area contributed by atoms with E-state index < -0.39 is 0 Å². The van der Waals surface area contributed by atoms with Crippen molar-refractivity contribution in [3.8, 4) is 5.75 Å². The first kappa shape index (κ1) is 8.10. The zero-order chi connectivity index (χ0) is 9.42. The summed E-state index contributed by atoms with van der Waals surface area (Å²) >= 11 is 0. The second-order valence-electron chi connectivity index (χ2n) is 3.08. The molecule has 0 spiro atoms. The third-order valence-corrected chi connectivity index (χ3v) is 2.17. The molecular weight excluding hydrogens is 164 g/mol. The van der Waals surface area contributed by atoms with Gasteiger partial charge in [0.1, 0.15) is 5.75 Å². The molecule has 0 aliphatic carbocycles. The van der Waals surface area contributed by atoms with E-state index in [2.05, 4.69) is 11.3 Å². The molecule has 2 rings (SSSR count). The van der Waals surface area contributed by atoms with Gasteiger partial charge in [-0.25, -0.2) is 4.98 Å². The van der Waals surface area contributed by atoms with Gasteiger partial charge in [0.2, 0.25) is 0 Å². The molecule has 0 aliphatic heterocycles. The molecule has 0 fully saturated rings. The summed E-state index contributed by atoms with van der Waals surface area (Å²) in [5, 5.41) is 0. The number of methoxy groups -OCH3 is 1. The van der Waals surface area contributed by atoms with E-state index in [0.717, 1.165) is 22.3 Å². The largest absolute Gasteiger partial charge is 0.496 e. The van der Waals surface area contributed by atoms with Crippen LogP contribution in [-0.2, 0) is 7.05 Å². The zero-order valence-electron chi connectivity index (χ0n) is 7.96. The Morgan fingerprint density at radius 3 is 2.92 bits per heavy atom. The molecule has 0 bridgehead atoms. The van der Waals surface area contributed by atoms with Gasteiger partial charge in [-0.1, -0.05) is 0 Å². The Morgan fingerprint density at radius 1 is 1.46 bits per heavy atom. The number of rotatable bonds is 1. The van der Waals surface area contributed by atoms with Crippen molar-refractivity contribution in [2.75, 3.05) is 7.11 Å². The minimum Gasteiger partial charge on any atom is -0.496 e. The van der Waals surface area contributed by atoms with Crippen molar-refractivity contribution in [2.24, 2.45) is 7.05 Å². The van der Waals surface area contributed by atoms with E-state index in [-0.39, 0.29) is 0 Å². The van der Waals surface area contributed by atoms with Crippen LogP contribution in [0, 0.1) is 13.3 Å². The molecule has 0 saturated heterocycles. The van der Waals surface area contributed by atoms with Gasteiger partial charge in [-0.2, -0.15) is 0 Å². The van der Waals surface area contributed by atoms with Gasteiger partial charge < -0.3 is 9.30 Å². The number of benzene rings is 1. The first-order valence-corrected chi connectivity index (χ1v) is 4.11. The summed E-state index contributed by atoms with van der Waals surface area (Å²) in [5.41, 5.74) is 3.10. The van der Waals surface area contributed by atoms with E-state index in [1.165, 1.54) is 0 Å². The Morgan fingerprint density at radius 2 is 2.23 bits per heavy atom. The highest BCUT2D eigenvalue weighted by Gasteiger charge is 2.04. The summed E-state index contributed by atoms with van der Waals surface area (Å²) in [6, 6.07) is 3.98. The fourth-order valence-electron chi connectivity index (χ4n) is 1.42. The first-order chi connectivity index (χ1) is 6.22. The highest BCUT2D eigenvalue weighted by atomic mass is 16.5. The van der Waals surface area contributed by atoms with Crippen molar-refractivity contribution in [3.63, 3.8) is 0 Å². The summed E-state index contributed by atoms with van der Waals surface area (Å²) in [6.07, 6.45) is 2.87. The lowest BCUT2D eigenvalue weighted by molar-refractivity contribution is 0.412. The molecule has 13 heavy (non-hydrogen) atoms. The van der Waals surface area contributed by atoms with E-state index >= 15 is 0 Å². The summed E-state index contributed by atoms with van der Waals surface area (Å²) in [4.78, 5) is 4.14. The van der Waals surface area contributed by atoms with Crippen molar-refractivity contribution in [3.05, 3.63) is 24.0 Å². The van der Waals surface area contributed by atoms with Gasteiger partial charge in [0.25, 0.3) is 0 Å². The molecule has 1 aromatic carbocycles. The Balaban J connectivity index is 2.77. The summed E-state index contributed by atoms with van der Waals surface area (Å²) in [5.74, 6) is 0.893. The SMILES string of the molecule is COc1cc2c(cc1C)n[c]n2C. The van der Waals surface area contributed by atoms with Crippen LogP contribution in [0.1, 0.15) is 5.56 Å². The molecule has 0 amide bonds. The average Bonchev–Trinajstić information content (AvgIpc) is 2.46. The minimum absolute atomic E-state index is 0.893. The fraction of sp³-hybridized carbons (Fsp3) is 0.300. The van der Waals surface area contributed by atoms with Crippen LogP contribution >= 0.6 is 0 Å². The van der Waals surface area contributed by atoms with Gasteiger partial charge in [-0.3, -0.25) is 0 Å². The minimum atomic E-state index is 0.893. The number of hydrogen-bond donors (Lipinski definition) is 0. The molecule has 3 nitrogen and oxygen atoms in total. The van der Waals surface area contributed by atoms with Gasteiger partial charge in [0.15, 0.2) is 6.33 Å². The van der Waals surface area contributed by atoms with Crippen LogP contribution in [0.5, 0.6) is 5.75 Å². The van der Waals surface area contributed by atoms with Gasteiger partial charge in [-0.15, -0.1) is 0 Å². The van der Waals surface area contributed by atoms with Crippen LogP contribution in [0.25, 0.3) is 11.0 Å². The number of nitrogens with zero attached hydrogens (tertiary/aromatic N) is 2. The lowest BCUT2D eigenvalue weighted by atomic mass is 10.2. The molecular formula is C10H11N2O. The first-order valence-electron chi connectivity index (χ1n) is 4.11. The second kappa shape index (κ2) is 2.76. The van der Waals surface area contributed by atoms with Gasteiger partial charge in [0, 0.05) is 13.1 Å². The Hall–Kier alpha value is -1.51. The molecule has 1 heterocycles. The number of imidazole rings is 1. The summed E-state index contributed by atoms with van der Waals surface area (Å²) in [6.45, 7) is 2.01. The highest BCUT2D eigenvalue weighted by Crippen LogP contribution is 2.23. The molecule has 0 N–H and O–H groups in total. The normalized spacial score (nSPS) is 10.7. The van der Waals surface area contributed by atoms with E-state index in [9.17, 15) is 0 Å². The summed E-state index contributed by atoms with van der Waals surface area (Å²) in [7, 11) is 3.60. The Bertz CT molecular complexity index is 445. The van der Waals surface area contributed by atoms with E-state index in [1.54, 1.807) is 7.11 Å². The van der Waals surface area contributed by atoms with Crippen LogP contribution in [0.3, 0.4) is 0 Å². The van der Waals surface area contributed by atoms with Crippen molar-refractivity contribution in [1.82, 2.24) is 9.55 Å². The number of aryl methyl sites for hydroxylation is 2. The van der Waals surface area contributed by atoms with Gasteiger partial charge in [0.05, 0.1) is 18.1 Å². The quantitative estimate of drug-likeness (QED) is 0.659. The fourth-order valence-corrected chi connectivity index (χ4v) is 1.42. The number of fused-ring (bicyclic) bond motifs is 1. The molecule has 1 radical (unpaired) electrons. The monoisotopic (exact) mass is 175 g/mol. The Labute approximate surface area is 77.0 Å². The van der Waals surface area contributed by atoms with Crippen LogP contribution in [0.15, 0.2) is 12.1 Å². The number of hydrogen-bond acceptors (Lipinski definition) is 2. The standard InChI is InChI=1S/C10H11N2O/c1-7-4-8-9(5-10(7)13-3)12(2)6-11-8/h4-5H,1-3H3. The van der Waals surface area contributed by atoms with Crippen molar-refractivity contribution >= 4 is 11.0 Å². The molecule has 0 atom stereocenters. The van der Waals surface area contributed by atoms with Gasteiger partial charge >= 0.3 is 0 Å². The molecule has 67 valence electrons. The Kier molecular flexibility index (Phi) is 1.72. The molecule has 0 unspecified atom stereocenters. The van der Waals surface area contributed by atoms with Crippen molar-refractivity contribution in [2.45, 2.75) is 6.92 Å². The van der Waals surface area contributed by atoms with E-state index in [4.69, 9.17) is 4.74 Å². The van der Waals surface area contributed by atoms with Crippen LogP contribution in [-0.4, -0.2) is 16.7 Å². The van der Waals surface area contributed by atoms with Crippen LogP contribution < -0.4 is 4.74 Å². The maximum atomic E-state index is 5.22. The number of aromatic nitrogens is 2. The third kappa shape index (κ3) is 1.16. The van der Waals surface area contributed by atoms with Gasteiger partial charge in [-0.05, 0) is 18.6 Å². The highest BCUT2D eigenvalue weighted by molar-refractivity contribution is 5.78. The lowest BCUT2D eigenvalue weighted by Gasteiger charge is -2.04. The third-order valence-electron chi connectivity index (χ3n) is 2.17. The van der Waals surface area contributed by atoms with Crippen LogP contribution in [0.4, 0.5) is 0 Å². The smallest absolute Gasteiger partial charge is 0.177 e. The maximum absolute atomic E-state index is 5.22. The topological polar surface area (TPSA) is 27.1 Å². The molecule has 3 heteroatoms. The summed E-state index contributed by atoms with van der Waals surface area (Å²) < 4.78 is 7.08. The molecule has 0 saturated carbocycles. The second-order valence-corrected chi connectivity index (χ2v) is 3.08. The van der Waals surface area contributed by atoms with Crippen molar-refractivity contribution < 1.29 is 4.74 Å². The van der Waals surface area contributed by atoms with E-state index in [1.807, 2.05) is 30.7 Å². The lowest BCUT2D eigenvalue weighted by Crippen LogP contribution is -1.89. The van der Waals surface area contributed by atoms with E-state index in [0.29, 0.717) is 0 Å². The molecule has 2 aromatic rings. The zero-order valence-corrected chi connectivity index (χ0v) is 7.96. The predicted molar refractivity (Wildman–Crippen MR) is 50.8 cm³/mol. The molecule has 1 aromatic heterocycles. The molecule has 0 aliphatic rings. The maximum Gasteiger partial charge on any atom is 0.177 e. The predicted octanol–water partition coefficient (Wildman–Crippen LogP) is 1.69. The van der Waals surface area contributed by atoms with Crippen LogP contribution in [0.2, 0.25) is 0 Å². The number of ether oxygens (including phenoxy) is 1.